The van der Waals surface area contributed by atoms with Crippen LogP contribution in [0.5, 0.6) is 0 Å². The summed E-state index contributed by atoms with van der Waals surface area (Å²) in [7, 11) is 0. The molecule has 2 aliphatic rings. The summed E-state index contributed by atoms with van der Waals surface area (Å²) in [5.41, 5.74) is 3.18. The summed E-state index contributed by atoms with van der Waals surface area (Å²) >= 11 is 0. The molecule has 3 atom stereocenters. The maximum Gasteiger partial charge on any atom is 0.271 e. The molecule has 2 saturated carbocycles. The second kappa shape index (κ2) is 4.88. The van der Waals surface area contributed by atoms with Gasteiger partial charge in [0.1, 0.15) is 0 Å². The number of nitrogens with zero attached hydrogens (tertiary/aromatic N) is 2. The molecule has 1 N–H and O–H groups in total. The topological polar surface area (TPSA) is 54.4 Å². The average Bonchev–Trinajstić information content (AvgIpc) is 3.02. The molecule has 0 radical (unpaired) electrons. The van der Waals surface area contributed by atoms with E-state index in [1.165, 1.54) is 25.7 Å². The Kier molecular flexibility index (Phi) is 3.09. The zero-order chi connectivity index (χ0) is 12.4. The van der Waals surface area contributed by atoms with Crippen LogP contribution >= 0.6 is 0 Å². The van der Waals surface area contributed by atoms with E-state index in [2.05, 4.69) is 15.5 Å². The Labute approximate surface area is 107 Å². The van der Waals surface area contributed by atoms with Crippen molar-refractivity contribution in [2.45, 2.75) is 25.7 Å². The molecule has 94 valence electrons. The van der Waals surface area contributed by atoms with Gasteiger partial charge in [-0.05, 0) is 49.1 Å². The van der Waals surface area contributed by atoms with E-state index in [-0.39, 0.29) is 5.91 Å². The molecule has 0 aromatic carbocycles. The largest absolute Gasteiger partial charge is 0.271 e. The highest BCUT2D eigenvalue weighted by Crippen LogP contribution is 2.47. The zero-order valence-electron chi connectivity index (χ0n) is 10.2. The van der Waals surface area contributed by atoms with Crippen molar-refractivity contribution in [2.24, 2.45) is 22.9 Å². The number of carbonyl (C=O) groups is 1. The van der Waals surface area contributed by atoms with Gasteiger partial charge in [0, 0.05) is 24.2 Å². The third-order valence-corrected chi connectivity index (χ3v) is 4.17. The number of carbonyl (C=O) groups excluding carboxylic acids is 1. The number of hydrogen-bond donors (Lipinski definition) is 1. The van der Waals surface area contributed by atoms with Crippen molar-refractivity contribution in [2.75, 3.05) is 0 Å². The van der Waals surface area contributed by atoms with Crippen molar-refractivity contribution >= 4 is 12.1 Å². The molecule has 1 aromatic heterocycles. The monoisotopic (exact) mass is 243 g/mol. The number of aromatic nitrogens is 1. The summed E-state index contributed by atoms with van der Waals surface area (Å²) in [6, 6.07) is 3.37. The molecule has 0 spiro atoms. The van der Waals surface area contributed by atoms with Crippen LogP contribution < -0.4 is 5.43 Å². The maximum atomic E-state index is 11.7. The molecule has 1 aromatic rings. The highest BCUT2D eigenvalue weighted by molar-refractivity contribution is 5.94. The zero-order valence-corrected chi connectivity index (χ0v) is 10.2. The van der Waals surface area contributed by atoms with Crippen LogP contribution in [-0.2, 0) is 0 Å². The van der Waals surface area contributed by atoms with Crippen molar-refractivity contribution in [3.8, 4) is 0 Å². The normalized spacial score (nSPS) is 29.9. The minimum Gasteiger partial charge on any atom is -0.267 e. The lowest BCUT2D eigenvalue weighted by Gasteiger charge is -2.16. The lowest BCUT2D eigenvalue weighted by Crippen LogP contribution is -2.20. The van der Waals surface area contributed by atoms with Crippen LogP contribution in [0, 0.1) is 17.8 Å². The fourth-order valence-corrected chi connectivity index (χ4v) is 3.24. The van der Waals surface area contributed by atoms with Crippen LogP contribution in [0.4, 0.5) is 0 Å². The Morgan fingerprint density at radius 2 is 2.17 bits per heavy atom. The van der Waals surface area contributed by atoms with E-state index < -0.39 is 0 Å². The van der Waals surface area contributed by atoms with Crippen LogP contribution in [0.3, 0.4) is 0 Å². The molecule has 1 heterocycles. The summed E-state index contributed by atoms with van der Waals surface area (Å²) < 4.78 is 0. The van der Waals surface area contributed by atoms with Gasteiger partial charge in [-0.25, -0.2) is 5.43 Å². The number of rotatable bonds is 3. The Bertz CT molecular complexity index is 457. The van der Waals surface area contributed by atoms with Gasteiger partial charge in [-0.1, -0.05) is 6.42 Å². The minimum atomic E-state index is -0.170. The molecular weight excluding hydrogens is 226 g/mol. The van der Waals surface area contributed by atoms with Gasteiger partial charge in [-0.15, -0.1) is 0 Å². The first-order valence-corrected chi connectivity index (χ1v) is 6.56. The van der Waals surface area contributed by atoms with Crippen molar-refractivity contribution in [3.05, 3.63) is 30.1 Å². The van der Waals surface area contributed by atoms with E-state index in [1.54, 1.807) is 24.5 Å². The Hall–Kier alpha value is -1.71. The summed E-state index contributed by atoms with van der Waals surface area (Å²) in [5, 5.41) is 4.10. The Balaban J connectivity index is 1.54. The van der Waals surface area contributed by atoms with Crippen molar-refractivity contribution in [3.63, 3.8) is 0 Å². The first-order chi connectivity index (χ1) is 8.83. The smallest absolute Gasteiger partial charge is 0.267 e. The van der Waals surface area contributed by atoms with Gasteiger partial charge in [-0.3, -0.25) is 9.78 Å². The molecule has 0 saturated heterocycles. The fraction of sp³-hybridized carbons (Fsp3) is 0.500. The Morgan fingerprint density at radius 3 is 2.83 bits per heavy atom. The average molecular weight is 243 g/mol. The van der Waals surface area contributed by atoms with E-state index in [0.717, 1.165) is 11.8 Å². The molecule has 1 amide bonds. The highest BCUT2D eigenvalue weighted by Gasteiger charge is 2.38. The standard InChI is InChI=1S/C14H17N3O/c18-14(11-3-5-15-6-4-11)17-16-9-13-8-10-1-2-12(13)7-10/h3-6,9-10,12-13H,1-2,7-8H2,(H,17,18)/b16-9-/t10-,12-,13-/m1/s1. The summed E-state index contributed by atoms with van der Waals surface area (Å²) in [5.74, 6) is 2.11. The SMILES string of the molecule is O=C(N/N=C\[C@H]1C[C@@H]2CC[C@@H]1C2)c1ccncc1. The molecule has 2 bridgehead atoms. The van der Waals surface area contributed by atoms with Crippen LogP contribution in [0.15, 0.2) is 29.6 Å². The van der Waals surface area contributed by atoms with Gasteiger partial charge < -0.3 is 0 Å². The van der Waals surface area contributed by atoms with Crippen molar-refractivity contribution in [1.29, 1.82) is 0 Å². The fourth-order valence-electron chi connectivity index (χ4n) is 3.24. The minimum absolute atomic E-state index is 0.170. The van der Waals surface area contributed by atoms with Crippen LogP contribution in [0.2, 0.25) is 0 Å². The van der Waals surface area contributed by atoms with Crippen molar-refractivity contribution in [1.82, 2.24) is 10.4 Å². The van der Waals surface area contributed by atoms with E-state index in [4.69, 9.17) is 0 Å². The summed E-state index contributed by atoms with van der Waals surface area (Å²) in [4.78, 5) is 15.6. The molecule has 4 nitrogen and oxygen atoms in total. The Morgan fingerprint density at radius 1 is 1.33 bits per heavy atom. The number of hydrogen-bond acceptors (Lipinski definition) is 3. The predicted molar refractivity (Wildman–Crippen MR) is 69.1 cm³/mol. The maximum absolute atomic E-state index is 11.7. The molecule has 0 unspecified atom stereocenters. The quantitative estimate of drug-likeness (QED) is 0.653. The van der Waals surface area contributed by atoms with E-state index in [1.807, 2.05) is 6.21 Å². The van der Waals surface area contributed by atoms with Gasteiger partial charge in [-0.2, -0.15) is 5.10 Å². The molecule has 18 heavy (non-hydrogen) atoms. The predicted octanol–water partition coefficient (Wildman–Crippen LogP) is 2.23. The third kappa shape index (κ3) is 2.28. The van der Waals surface area contributed by atoms with Crippen LogP contribution in [0.1, 0.15) is 36.0 Å². The van der Waals surface area contributed by atoms with Gasteiger partial charge in [0.05, 0.1) is 0 Å². The highest BCUT2D eigenvalue weighted by atomic mass is 16.2. The second-order valence-electron chi connectivity index (χ2n) is 5.29. The van der Waals surface area contributed by atoms with Crippen molar-refractivity contribution < 1.29 is 4.79 Å². The van der Waals surface area contributed by atoms with Crippen LogP contribution in [0.25, 0.3) is 0 Å². The number of hydrazone groups is 1. The van der Waals surface area contributed by atoms with Gasteiger partial charge in [0.15, 0.2) is 0 Å². The van der Waals surface area contributed by atoms with Gasteiger partial charge >= 0.3 is 0 Å². The second-order valence-corrected chi connectivity index (χ2v) is 5.29. The summed E-state index contributed by atoms with van der Waals surface area (Å²) in [6.07, 6.45) is 10.5. The van der Waals surface area contributed by atoms with E-state index >= 15 is 0 Å². The number of nitrogens with one attached hydrogen (secondary N) is 1. The molecule has 4 heteroatoms. The number of fused-ring (bicyclic) bond motifs is 2. The molecule has 0 aliphatic heterocycles. The van der Waals surface area contributed by atoms with Gasteiger partial charge in [0.25, 0.3) is 5.91 Å². The first-order valence-electron chi connectivity index (χ1n) is 6.56. The summed E-state index contributed by atoms with van der Waals surface area (Å²) in [6.45, 7) is 0. The van der Waals surface area contributed by atoms with Crippen LogP contribution in [-0.4, -0.2) is 17.1 Å². The lowest BCUT2D eigenvalue weighted by atomic mass is 9.90. The molecular formula is C14H17N3O. The van der Waals surface area contributed by atoms with E-state index in [0.29, 0.717) is 11.5 Å². The van der Waals surface area contributed by atoms with Gasteiger partial charge in [0.2, 0.25) is 0 Å². The number of pyridine rings is 1. The molecule has 2 aliphatic carbocycles. The molecule has 3 rings (SSSR count). The van der Waals surface area contributed by atoms with E-state index in [9.17, 15) is 4.79 Å². The number of amides is 1. The lowest BCUT2D eigenvalue weighted by molar-refractivity contribution is 0.0954. The molecule has 2 fully saturated rings. The third-order valence-electron chi connectivity index (χ3n) is 4.17. The first kappa shape index (κ1) is 11.4.